The Kier molecular flexibility index (Phi) is 7.57. The van der Waals surface area contributed by atoms with E-state index in [1.165, 1.54) is 4.57 Å². The van der Waals surface area contributed by atoms with Crippen molar-refractivity contribution in [3.05, 3.63) is 92.5 Å². The first-order valence-corrected chi connectivity index (χ1v) is 10.6. The zero-order chi connectivity index (χ0) is 21.3. The number of amides is 1. The Labute approximate surface area is 179 Å². The smallest absolute Gasteiger partial charge is 0.308 e. The molecular weight excluding hydrogens is 400 g/mol. The number of carbonyl (C=O) groups excluding carboxylic acids is 2. The molecule has 156 valence electrons. The second-order valence-electron chi connectivity index (χ2n) is 6.93. The van der Waals surface area contributed by atoms with E-state index < -0.39 is 5.97 Å². The topological polar surface area (TPSA) is 77.4 Å². The van der Waals surface area contributed by atoms with E-state index in [0.29, 0.717) is 6.42 Å². The van der Waals surface area contributed by atoms with E-state index in [-0.39, 0.29) is 36.4 Å². The van der Waals surface area contributed by atoms with Crippen LogP contribution in [0.2, 0.25) is 0 Å². The summed E-state index contributed by atoms with van der Waals surface area (Å²) in [6.07, 6.45) is 0.668. The van der Waals surface area contributed by atoms with Gasteiger partial charge in [-0.2, -0.15) is 0 Å². The van der Waals surface area contributed by atoms with Crippen molar-refractivity contribution in [2.24, 2.45) is 0 Å². The van der Waals surface area contributed by atoms with Crippen molar-refractivity contribution in [3.8, 4) is 0 Å². The summed E-state index contributed by atoms with van der Waals surface area (Å²) < 4.78 is 6.63. The summed E-state index contributed by atoms with van der Waals surface area (Å²) in [5.74, 6) is -0.876. The number of nitrogens with one attached hydrogen (secondary N) is 1. The molecule has 30 heavy (non-hydrogen) atoms. The highest BCUT2D eigenvalue weighted by Gasteiger charge is 2.17. The molecule has 0 fully saturated rings. The lowest BCUT2D eigenvalue weighted by atomic mass is 9.99. The van der Waals surface area contributed by atoms with Gasteiger partial charge in [-0.25, -0.2) is 0 Å². The van der Waals surface area contributed by atoms with Crippen molar-refractivity contribution in [2.75, 3.05) is 6.61 Å². The molecular formula is C23H24N2O4S. The summed E-state index contributed by atoms with van der Waals surface area (Å²) >= 11 is 1.10. The molecule has 0 aliphatic rings. The minimum absolute atomic E-state index is 0.0386. The van der Waals surface area contributed by atoms with Gasteiger partial charge in [-0.15, -0.1) is 0 Å². The highest BCUT2D eigenvalue weighted by molar-refractivity contribution is 7.07. The molecule has 7 heteroatoms. The van der Waals surface area contributed by atoms with Crippen LogP contribution >= 0.6 is 11.3 Å². The number of rotatable bonds is 9. The zero-order valence-electron chi connectivity index (χ0n) is 16.7. The summed E-state index contributed by atoms with van der Waals surface area (Å²) in [5.41, 5.74) is 2.88. The molecule has 1 aromatic heterocycles. The van der Waals surface area contributed by atoms with Crippen LogP contribution in [0.5, 0.6) is 0 Å². The van der Waals surface area contributed by atoms with Crippen LogP contribution in [0.15, 0.2) is 70.8 Å². The number of esters is 1. The Hall–Kier alpha value is -3.19. The summed E-state index contributed by atoms with van der Waals surface area (Å²) in [5, 5.41) is 4.70. The fourth-order valence-electron chi connectivity index (χ4n) is 3.12. The summed E-state index contributed by atoms with van der Waals surface area (Å²) in [7, 11) is 0. The van der Waals surface area contributed by atoms with Crippen molar-refractivity contribution in [3.63, 3.8) is 0 Å². The molecule has 1 heterocycles. The Morgan fingerprint density at radius 1 is 1.07 bits per heavy atom. The Morgan fingerprint density at radius 2 is 1.73 bits per heavy atom. The SMILES string of the molecule is Cc1csc(=O)n1CCC(=O)OCC(=O)NC(Cc1ccccc1)c1ccccc1. The van der Waals surface area contributed by atoms with Crippen molar-refractivity contribution >= 4 is 23.2 Å². The molecule has 1 amide bonds. The van der Waals surface area contributed by atoms with Gasteiger partial charge in [-0.1, -0.05) is 72.0 Å². The molecule has 3 rings (SSSR count). The molecule has 0 spiro atoms. The van der Waals surface area contributed by atoms with Gasteiger partial charge in [0.15, 0.2) is 6.61 Å². The van der Waals surface area contributed by atoms with E-state index in [0.717, 1.165) is 28.2 Å². The molecule has 0 bridgehead atoms. The minimum atomic E-state index is -0.512. The minimum Gasteiger partial charge on any atom is -0.456 e. The fourth-order valence-corrected chi connectivity index (χ4v) is 3.88. The summed E-state index contributed by atoms with van der Waals surface area (Å²) in [6.45, 7) is 1.71. The van der Waals surface area contributed by atoms with E-state index in [1.807, 2.05) is 67.6 Å². The molecule has 2 aromatic carbocycles. The second-order valence-corrected chi connectivity index (χ2v) is 7.75. The monoisotopic (exact) mass is 424 g/mol. The van der Waals surface area contributed by atoms with Gasteiger partial charge < -0.3 is 14.6 Å². The van der Waals surface area contributed by atoms with Crippen LogP contribution in [0.3, 0.4) is 0 Å². The van der Waals surface area contributed by atoms with Gasteiger partial charge in [-0.05, 0) is 24.5 Å². The number of hydrogen-bond acceptors (Lipinski definition) is 5. The zero-order valence-corrected chi connectivity index (χ0v) is 17.6. The number of nitrogens with zero attached hydrogens (tertiary/aromatic N) is 1. The lowest BCUT2D eigenvalue weighted by Crippen LogP contribution is -2.33. The van der Waals surface area contributed by atoms with Crippen molar-refractivity contribution < 1.29 is 14.3 Å². The average Bonchev–Trinajstić information content (AvgIpc) is 3.09. The third-order valence-corrected chi connectivity index (χ3v) is 5.58. The quantitative estimate of drug-likeness (QED) is 0.535. The number of hydrogen-bond donors (Lipinski definition) is 1. The number of thiazole rings is 1. The molecule has 3 aromatic rings. The third kappa shape index (κ3) is 6.15. The van der Waals surface area contributed by atoms with Gasteiger partial charge >= 0.3 is 10.8 Å². The number of aromatic nitrogens is 1. The lowest BCUT2D eigenvalue weighted by Gasteiger charge is -2.19. The van der Waals surface area contributed by atoms with Gasteiger partial charge in [-0.3, -0.25) is 14.4 Å². The molecule has 1 atom stereocenters. The van der Waals surface area contributed by atoms with E-state index in [2.05, 4.69) is 5.32 Å². The van der Waals surface area contributed by atoms with E-state index in [1.54, 1.807) is 5.38 Å². The molecule has 0 aliphatic carbocycles. The molecule has 0 saturated heterocycles. The lowest BCUT2D eigenvalue weighted by molar-refractivity contribution is -0.149. The van der Waals surface area contributed by atoms with E-state index in [4.69, 9.17) is 4.74 Å². The number of benzene rings is 2. The maximum atomic E-state index is 12.4. The van der Waals surface area contributed by atoms with Crippen molar-refractivity contribution in [1.29, 1.82) is 0 Å². The molecule has 0 radical (unpaired) electrons. The van der Waals surface area contributed by atoms with Crippen LogP contribution in [0.1, 0.15) is 29.3 Å². The number of carbonyl (C=O) groups is 2. The Bertz CT molecular complexity index is 1030. The van der Waals surface area contributed by atoms with Gasteiger partial charge in [0.1, 0.15) is 0 Å². The molecule has 0 aliphatic heterocycles. The van der Waals surface area contributed by atoms with Crippen molar-refractivity contribution in [2.45, 2.75) is 32.4 Å². The largest absolute Gasteiger partial charge is 0.456 e. The van der Waals surface area contributed by atoms with Gasteiger partial charge in [0.05, 0.1) is 12.5 Å². The number of ether oxygens (including phenoxy) is 1. The van der Waals surface area contributed by atoms with Gasteiger partial charge in [0.2, 0.25) is 0 Å². The normalized spacial score (nSPS) is 11.6. The number of aryl methyl sites for hydroxylation is 1. The van der Waals surface area contributed by atoms with Crippen LogP contribution in [0, 0.1) is 6.92 Å². The molecule has 6 nitrogen and oxygen atoms in total. The van der Waals surface area contributed by atoms with Crippen LogP contribution in [-0.2, 0) is 27.3 Å². The van der Waals surface area contributed by atoms with E-state index in [9.17, 15) is 14.4 Å². The predicted molar refractivity (Wildman–Crippen MR) is 116 cm³/mol. The second kappa shape index (κ2) is 10.5. The summed E-state index contributed by atoms with van der Waals surface area (Å²) in [4.78, 5) is 36.0. The highest BCUT2D eigenvalue weighted by atomic mass is 32.1. The third-order valence-electron chi connectivity index (χ3n) is 4.70. The van der Waals surface area contributed by atoms with Gasteiger partial charge in [0, 0.05) is 17.6 Å². The first-order chi connectivity index (χ1) is 14.5. The predicted octanol–water partition coefficient (Wildman–Crippen LogP) is 3.25. The van der Waals surface area contributed by atoms with Crippen molar-refractivity contribution in [1.82, 2.24) is 9.88 Å². The van der Waals surface area contributed by atoms with E-state index >= 15 is 0 Å². The molecule has 1 N–H and O–H groups in total. The molecule has 1 unspecified atom stereocenters. The molecule has 0 saturated carbocycles. The average molecular weight is 425 g/mol. The Morgan fingerprint density at radius 3 is 2.37 bits per heavy atom. The van der Waals surface area contributed by atoms with Crippen LogP contribution in [-0.4, -0.2) is 23.1 Å². The van der Waals surface area contributed by atoms with Crippen LogP contribution < -0.4 is 10.2 Å². The first kappa shape index (κ1) is 21.5. The van der Waals surface area contributed by atoms with Gasteiger partial charge in [0.25, 0.3) is 5.91 Å². The summed E-state index contributed by atoms with van der Waals surface area (Å²) in [6, 6.07) is 19.4. The maximum Gasteiger partial charge on any atom is 0.308 e. The van der Waals surface area contributed by atoms with Crippen LogP contribution in [0.4, 0.5) is 0 Å². The fraction of sp³-hybridized carbons (Fsp3) is 0.261. The Balaban J connectivity index is 1.53. The first-order valence-electron chi connectivity index (χ1n) is 9.71. The highest BCUT2D eigenvalue weighted by Crippen LogP contribution is 2.18. The standard InChI is InChI=1S/C23H24N2O4S/c1-17-16-30-23(28)25(17)13-12-22(27)29-15-21(26)24-20(19-10-6-3-7-11-19)14-18-8-4-2-5-9-18/h2-11,16,20H,12-15H2,1H3,(H,24,26). The van der Waals surface area contributed by atoms with Crippen LogP contribution in [0.25, 0.3) is 0 Å². The maximum absolute atomic E-state index is 12.4.